The molecule has 2 fully saturated rings. The van der Waals surface area contributed by atoms with E-state index in [1.807, 2.05) is 42.3 Å². The van der Waals surface area contributed by atoms with E-state index in [-0.39, 0.29) is 17.7 Å². The van der Waals surface area contributed by atoms with Gasteiger partial charge in [-0.3, -0.25) is 14.7 Å². The third-order valence-electron chi connectivity index (χ3n) is 7.02. The van der Waals surface area contributed by atoms with Gasteiger partial charge in [0.1, 0.15) is 0 Å². The van der Waals surface area contributed by atoms with Crippen LogP contribution >= 0.6 is 0 Å². The van der Waals surface area contributed by atoms with Crippen molar-refractivity contribution < 1.29 is 9.59 Å². The fourth-order valence-electron chi connectivity index (χ4n) is 5.08. The van der Waals surface area contributed by atoms with Crippen LogP contribution in [0.25, 0.3) is 0 Å². The van der Waals surface area contributed by atoms with Gasteiger partial charge in [0.15, 0.2) is 0 Å². The molecule has 0 aliphatic carbocycles. The van der Waals surface area contributed by atoms with Gasteiger partial charge in [0, 0.05) is 45.1 Å². The van der Waals surface area contributed by atoms with Crippen LogP contribution in [-0.4, -0.2) is 76.5 Å². The van der Waals surface area contributed by atoms with E-state index >= 15 is 0 Å². The number of carbonyl (C=O) groups excluding carboxylic acids is 2. The van der Waals surface area contributed by atoms with Gasteiger partial charge in [0.2, 0.25) is 5.91 Å². The summed E-state index contributed by atoms with van der Waals surface area (Å²) in [7, 11) is 3.95. The van der Waals surface area contributed by atoms with Crippen LogP contribution in [0.1, 0.15) is 66.1 Å². The van der Waals surface area contributed by atoms with Crippen molar-refractivity contribution in [2.45, 2.75) is 57.0 Å². The number of H-pyrrole nitrogens is 1. The lowest BCUT2D eigenvalue weighted by atomic mass is 9.91. The molecule has 2 atom stereocenters. The highest BCUT2D eigenvalue weighted by atomic mass is 16.2. The quantitative estimate of drug-likeness (QED) is 0.753. The number of benzene rings is 1. The van der Waals surface area contributed by atoms with E-state index in [0.29, 0.717) is 31.1 Å². The SMILES string of the molecule is CN(Cc1ccccc1)C(=O)c1cn[nH]c1[C@H]1CCCN(C(=O)C[C@@H]2CCCCN2C)C1. The second-order valence-electron chi connectivity index (χ2n) is 9.36. The largest absolute Gasteiger partial charge is 0.342 e. The Kier molecular flexibility index (Phi) is 7.25. The first kappa shape index (κ1) is 22.5. The number of aromatic nitrogens is 2. The van der Waals surface area contributed by atoms with Gasteiger partial charge in [-0.25, -0.2) is 0 Å². The standard InChI is InChI=1S/C25H35N5O2/c1-28-13-7-6-12-21(28)15-23(31)30-14-8-11-20(18-30)24-22(16-26-27-24)25(32)29(2)17-19-9-4-3-5-10-19/h3-5,9-10,16,20-21H,6-8,11-15,17-18H2,1-2H3,(H,26,27)/t20-,21-/m0/s1. The van der Waals surface area contributed by atoms with Crippen LogP contribution in [0.4, 0.5) is 0 Å². The zero-order valence-corrected chi connectivity index (χ0v) is 19.3. The van der Waals surface area contributed by atoms with Gasteiger partial charge in [0.05, 0.1) is 17.5 Å². The average Bonchev–Trinajstić information content (AvgIpc) is 3.31. The molecule has 2 aliphatic heterocycles. The van der Waals surface area contributed by atoms with E-state index in [4.69, 9.17) is 0 Å². The number of piperidine rings is 2. The Bertz CT molecular complexity index is 912. The Morgan fingerprint density at radius 2 is 1.94 bits per heavy atom. The van der Waals surface area contributed by atoms with Gasteiger partial charge < -0.3 is 14.7 Å². The van der Waals surface area contributed by atoms with E-state index in [0.717, 1.165) is 43.6 Å². The fraction of sp³-hybridized carbons (Fsp3) is 0.560. The van der Waals surface area contributed by atoms with Crippen molar-refractivity contribution in [3.8, 4) is 0 Å². The molecular weight excluding hydrogens is 402 g/mol. The second kappa shape index (κ2) is 10.3. The zero-order chi connectivity index (χ0) is 22.5. The number of likely N-dealkylation sites (tertiary alicyclic amines) is 2. The summed E-state index contributed by atoms with van der Waals surface area (Å²) in [4.78, 5) is 32.3. The van der Waals surface area contributed by atoms with Gasteiger partial charge in [-0.1, -0.05) is 36.8 Å². The molecule has 3 heterocycles. The Morgan fingerprint density at radius 3 is 2.72 bits per heavy atom. The molecule has 2 saturated heterocycles. The number of hydrogen-bond acceptors (Lipinski definition) is 4. The number of amides is 2. The minimum Gasteiger partial charge on any atom is -0.342 e. The van der Waals surface area contributed by atoms with Crippen LogP contribution in [0, 0.1) is 0 Å². The predicted molar refractivity (Wildman–Crippen MR) is 124 cm³/mol. The predicted octanol–water partition coefficient (Wildman–Crippen LogP) is 3.26. The monoisotopic (exact) mass is 437 g/mol. The molecule has 2 aliphatic rings. The maximum atomic E-state index is 13.2. The molecule has 1 N–H and O–H groups in total. The van der Waals surface area contributed by atoms with Crippen molar-refractivity contribution in [1.82, 2.24) is 24.9 Å². The maximum Gasteiger partial charge on any atom is 0.257 e. The van der Waals surface area contributed by atoms with Crippen molar-refractivity contribution in [3.63, 3.8) is 0 Å². The van der Waals surface area contributed by atoms with Crippen LogP contribution in [0.3, 0.4) is 0 Å². The van der Waals surface area contributed by atoms with Crippen molar-refractivity contribution in [2.24, 2.45) is 0 Å². The molecule has 7 heteroatoms. The molecule has 2 aromatic rings. The molecule has 1 aromatic carbocycles. The summed E-state index contributed by atoms with van der Waals surface area (Å²) in [6.07, 6.45) is 7.67. The summed E-state index contributed by atoms with van der Waals surface area (Å²) >= 11 is 0. The summed E-state index contributed by atoms with van der Waals surface area (Å²) in [5.74, 6) is 0.315. The molecule has 2 amide bonds. The summed E-state index contributed by atoms with van der Waals surface area (Å²) in [6.45, 7) is 3.09. The molecule has 7 nitrogen and oxygen atoms in total. The smallest absolute Gasteiger partial charge is 0.257 e. The van der Waals surface area contributed by atoms with Gasteiger partial charge in [-0.05, 0) is 44.8 Å². The third-order valence-corrected chi connectivity index (χ3v) is 7.02. The first-order chi connectivity index (χ1) is 15.5. The zero-order valence-electron chi connectivity index (χ0n) is 19.3. The molecular formula is C25H35N5O2. The highest BCUT2D eigenvalue weighted by Crippen LogP contribution is 2.29. The van der Waals surface area contributed by atoms with Gasteiger partial charge in [-0.15, -0.1) is 0 Å². The number of aromatic amines is 1. The second-order valence-corrected chi connectivity index (χ2v) is 9.36. The average molecular weight is 438 g/mol. The van der Waals surface area contributed by atoms with Crippen molar-refractivity contribution in [2.75, 3.05) is 33.7 Å². The lowest BCUT2D eigenvalue weighted by Crippen LogP contribution is -2.44. The van der Waals surface area contributed by atoms with Gasteiger partial charge in [-0.2, -0.15) is 5.10 Å². The van der Waals surface area contributed by atoms with Crippen LogP contribution in [0.2, 0.25) is 0 Å². The highest BCUT2D eigenvalue weighted by molar-refractivity contribution is 5.95. The Hall–Kier alpha value is -2.67. The molecule has 0 radical (unpaired) electrons. The number of nitrogens with one attached hydrogen (secondary N) is 1. The Morgan fingerprint density at radius 1 is 1.12 bits per heavy atom. The fourth-order valence-corrected chi connectivity index (χ4v) is 5.08. The molecule has 0 unspecified atom stereocenters. The molecule has 0 spiro atoms. The lowest BCUT2D eigenvalue weighted by Gasteiger charge is -2.36. The number of carbonyl (C=O) groups is 2. The maximum absolute atomic E-state index is 13.2. The van der Waals surface area contributed by atoms with Crippen LogP contribution in [0.15, 0.2) is 36.5 Å². The van der Waals surface area contributed by atoms with Crippen LogP contribution in [0.5, 0.6) is 0 Å². The van der Waals surface area contributed by atoms with Gasteiger partial charge in [0.25, 0.3) is 5.91 Å². The molecule has 0 saturated carbocycles. The summed E-state index contributed by atoms with van der Waals surface area (Å²) < 4.78 is 0. The number of nitrogens with zero attached hydrogens (tertiary/aromatic N) is 4. The normalized spacial score (nSPS) is 22.0. The van der Waals surface area contributed by atoms with E-state index in [9.17, 15) is 9.59 Å². The number of hydrogen-bond donors (Lipinski definition) is 1. The van der Waals surface area contributed by atoms with Crippen molar-refractivity contribution in [1.29, 1.82) is 0 Å². The Balaban J connectivity index is 1.40. The van der Waals surface area contributed by atoms with E-state index in [2.05, 4.69) is 22.1 Å². The Labute approximate surface area is 190 Å². The summed E-state index contributed by atoms with van der Waals surface area (Å²) in [5, 5.41) is 7.28. The third kappa shape index (κ3) is 5.21. The minimum absolute atomic E-state index is 0.0371. The molecule has 1 aromatic heterocycles. The molecule has 172 valence electrons. The van der Waals surface area contributed by atoms with Crippen molar-refractivity contribution >= 4 is 11.8 Å². The topological polar surface area (TPSA) is 72.5 Å². The number of rotatable bonds is 6. The van der Waals surface area contributed by atoms with Crippen LogP contribution in [-0.2, 0) is 11.3 Å². The molecule has 0 bridgehead atoms. The summed E-state index contributed by atoms with van der Waals surface area (Å²) in [5.41, 5.74) is 2.58. The van der Waals surface area contributed by atoms with Gasteiger partial charge >= 0.3 is 0 Å². The van der Waals surface area contributed by atoms with E-state index < -0.39 is 0 Å². The van der Waals surface area contributed by atoms with E-state index in [1.165, 1.54) is 12.8 Å². The lowest BCUT2D eigenvalue weighted by molar-refractivity contribution is -0.134. The minimum atomic E-state index is -0.0371. The first-order valence-electron chi connectivity index (χ1n) is 11.8. The molecule has 4 rings (SSSR count). The van der Waals surface area contributed by atoms with E-state index in [1.54, 1.807) is 11.1 Å². The van der Waals surface area contributed by atoms with Crippen molar-refractivity contribution in [3.05, 3.63) is 53.3 Å². The highest BCUT2D eigenvalue weighted by Gasteiger charge is 2.31. The first-order valence-corrected chi connectivity index (χ1v) is 11.8. The summed E-state index contributed by atoms with van der Waals surface area (Å²) in [6, 6.07) is 10.3. The van der Waals surface area contributed by atoms with Crippen LogP contribution < -0.4 is 0 Å². The molecule has 32 heavy (non-hydrogen) atoms.